The number of amides is 4. The average Bonchev–Trinajstić information content (AvgIpc) is 3.09. The van der Waals surface area contributed by atoms with Gasteiger partial charge in [0.15, 0.2) is 0 Å². The summed E-state index contributed by atoms with van der Waals surface area (Å²) in [5.74, 6) is 0.750. The molecular formula is C18H24N4O6S2. The number of carbonyl (C=O) groups is 3. The van der Waals surface area contributed by atoms with Crippen LogP contribution in [0.25, 0.3) is 0 Å². The van der Waals surface area contributed by atoms with Crippen molar-refractivity contribution in [3.8, 4) is 0 Å². The van der Waals surface area contributed by atoms with Crippen LogP contribution in [0.4, 0.5) is 15.3 Å². The number of nitro benzene ring substituents is 1. The van der Waals surface area contributed by atoms with E-state index >= 15 is 0 Å². The molecule has 0 aromatic heterocycles. The van der Waals surface area contributed by atoms with Crippen LogP contribution in [0.3, 0.4) is 0 Å². The van der Waals surface area contributed by atoms with Crippen molar-refractivity contribution in [2.75, 3.05) is 25.1 Å². The van der Waals surface area contributed by atoms with Gasteiger partial charge < -0.3 is 15.4 Å². The van der Waals surface area contributed by atoms with E-state index in [0.717, 1.165) is 4.90 Å². The van der Waals surface area contributed by atoms with E-state index in [1.165, 1.54) is 30.9 Å². The Hall–Kier alpha value is -2.47. The number of ether oxygens (including phenoxy) is 1. The summed E-state index contributed by atoms with van der Waals surface area (Å²) in [7, 11) is 1.33. The van der Waals surface area contributed by atoms with Crippen LogP contribution in [0.15, 0.2) is 24.3 Å². The highest BCUT2D eigenvalue weighted by atomic mass is 32.2. The van der Waals surface area contributed by atoms with Gasteiger partial charge in [0.05, 0.1) is 4.92 Å². The lowest BCUT2D eigenvalue weighted by Gasteiger charge is -2.23. The molecule has 0 spiro atoms. The Morgan fingerprint density at radius 3 is 2.63 bits per heavy atom. The molecule has 164 valence electrons. The molecule has 30 heavy (non-hydrogen) atoms. The van der Waals surface area contributed by atoms with Gasteiger partial charge in [-0.3, -0.25) is 19.8 Å². The lowest BCUT2D eigenvalue weighted by Crippen LogP contribution is -2.38. The first-order valence-corrected chi connectivity index (χ1v) is 10.8. The predicted molar refractivity (Wildman–Crippen MR) is 115 cm³/mol. The number of nitro groups is 1. The van der Waals surface area contributed by atoms with E-state index in [2.05, 4.69) is 12.6 Å². The van der Waals surface area contributed by atoms with E-state index in [0.29, 0.717) is 30.0 Å². The van der Waals surface area contributed by atoms with Crippen molar-refractivity contribution < 1.29 is 24.0 Å². The molecule has 1 heterocycles. The number of benzene rings is 1. The van der Waals surface area contributed by atoms with Crippen LogP contribution < -0.4 is 5.73 Å². The summed E-state index contributed by atoms with van der Waals surface area (Å²) in [6, 6.07) is 4.94. The largest absolute Gasteiger partial charge is 0.445 e. The third-order valence-corrected chi connectivity index (χ3v) is 6.10. The van der Waals surface area contributed by atoms with E-state index in [4.69, 9.17) is 10.5 Å². The number of thiol groups is 1. The third kappa shape index (κ3) is 6.80. The van der Waals surface area contributed by atoms with Crippen LogP contribution in [0.5, 0.6) is 0 Å². The molecule has 0 saturated carbocycles. The van der Waals surface area contributed by atoms with Gasteiger partial charge in [0, 0.05) is 54.9 Å². The summed E-state index contributed by atoms with van der Waals surface area (Å²) >= 11 is 5.97. The molecule has 2 atom stereocenters. The number of non-ortho nitro benzene ring substituents is 1. The summed E-state index contributed by atoms with van der Waals surface area (Å²) in [5.41, 5.74) is 5.69. The van der Waals surface area contributed by atoms with Crippen molar-refractivity contribution in [3.05, 3.63) is 39.9 Å². The number of likely N-dealkylation sites (tertiary alicyclic amines) is 1. The molecule has 0 unspecified atom stereocenters. The van der Waals surface area contributed by atoms with Crippen LogP contribution in [0.2, 0.25) is 0 Å². The standard InChI is InChI=1S/C18H24N4O6S2/c1-20(17(19)24)16(23)6-7-30-11-14-8-15(29)9-21(14)18(25)28-10-12-2-4-13(5-3-12)22(26)27/h2-5,14-15,29H,6-11H2,1H3,(H2,19,24)/t14-,15-/m0/s1. The normalized spacial score (nSPS) is 18.1. The van der Waals surface area contributed by atoms with Gasteiger partial charge in [0.2, 0.25) is 5.91 Å². The minimum Gasteiger partial charge on any atom is -0.445 e. The highest BCUT2D eigenvalue weighted by Gasteiger charge is 2.34. The molecule has 2 rings (SSSR count). The molecule has 1 fully saturated rings. The molecule has 1 aromatic rings. The van der Waals surface area contributed by atoms with E-state index in [9.17, 15) is 24.5 Å². The van der Waals surface area contributed by atoms with Gasteiger partial charge in [-0.1, -0.05) is 0 Å². The maximum absolute atomic E-state index is 12.5. The quantitative estimate of drug-likeness (QED) is 0.265. The number of rotatable bonds is 8. The van der Waals surface area contributed by atoms with Crippen molar-refractivity contribution in [1.29, 1.82) is 0 Å². The molecule has 0 bridgehead atoms. The molecular weight excluding hydrogens is 432 g/mol. The monoisotopic (exact) mass is 456 g/mol. The lowest BCUT2D eigenvalue weighted by molar-refractivity contribution is -0.384. The minimum absolute atomic E-state index is 0.0123. The second-order valence-corrected chi connectivity index (χ2v) is 8.67. The van der Waals surface area contributed by atoms with Crippen LogP contribution in [-0.2, 0) is 16.1 Å². The number of carbonyl (C=O) groups excluding carboxylic acids is 3. The molecule has 1 aliphatic heterocycles. The number of hydrogen-bond acceptors (Lipinski definition) is 8. The van der Waals surface area contributed by atoms with Gasteiger partial charge in [0.25, 0.3) is 5.69 Å². The first-order valence-electron chi connectivity index (χ1n) is 9.17. The van der Waals surface area contributed by atoms with Crippen molar-refractivity contribution in [1.82, 2.24) is 9.80 Å². The second kappa shape index (κ2) is 11.1. The van der Waals surface area contributed by atoms with Gasteiger partial charge >= 0.3 is 12.1 Å². The first-order chi connectivity index (χ1) is 14.2. The highest BCUT2D eigenvalue weighted by Crippen LogP contribution is 2.26. The zero-order valence-corrected chi connectivity index (χ0v) is 18.1. The van der Waals surface area contributed by atoms with Crippen LogP contribution >= 0.6 is 24.4 Å². The molecule has 1 saturated heterocycles. The van der Waals surface area contributed by atoms with Crippen LogP contribution in [0.1, 0.15) is 18.4 Å². The maximum Gasteiger partial charge on any atom is 0.410 e. The fourth-order valence-electron chi connectivity index (χ4n) is 2.88. The van der Waals surface area contributed by atoms with Gasteiger partial charge in [-0.25, -0.2) is 9.59 Å². The van der Waals surface area contributed by atoms with Crippen molar-refractivity contribution in [2.24, 2.45) is 5.73 Å². The molecule has 2 N–H and O–H groups in total. The van der Waals surface area contributed by atoms with Crippen LogP contribution in [0, 0.1) is 10.1 Å². The fraction of sp³-hybridized carbons (Fsp3) is 0.500. The zero-order valence-electron chi connectivity index (χ0n) is 16.4. The Labute approximate surface area is 183 Å². The number of nitrogens with two attached hydrogens (primary N) is 1. The van der Waals surface area contributed by atoms with Gasteiger partial charge in [0.1, 0.15) is 6.61 Å². The number of thioether (sulfide) groups is 1. The zero-order chi connectivity index (χ0) is 22.3. The number of hydrogen-bond donors (Lipinski definition) is 2. The van der Waals surface area contributed by atoms with Crippen molar-refractivity contribution in [3.63, 3.8) is 0 Å². The van der Waals surface area contributed by atoms with E-state index in [-0.39, 0.29) is 35.9 Å². The summed E-state index contributed by atoms with van der Waals surface area (Å²) in [6.45, 7) is 0.467. The number of primary amides is 1. The molecule has 4 amide bonds. The highest BCUT2D eigenvalue weighted by molar-refractivity contribution is 7.99. The Morgan fingerprint density at radius 2 is 2.03 bits per heavy atom. The second-order valence-electron chi connectivity index (χ2n) is 6.79. The first kappa shape index (κ1) is 23.8. The summed E-state index contributed by atoms with van der Waals surface area (Å²) in [4.78, 5) is 47.9. The topological polar surface area (TPSA) is 136 Å². The molecule has 12 heteroatoms. The molecule has 0 radical (unpaired) electrons. The Kier molecular flexibility index (Phi) is 8.78. The molecule has 0 aliphatic carbocycles. The number of urea groups is 1. The van der Waals surface area contributed by atoms with Crippen molar-refractivity contribution >= 4 is 48.1 Å². The Morgan fingerprint density at radius 1 is 1.37 bits per heavy atom. The number of nitrogens with zero attached hydrogens (tertiary/aromatic N) is 3. The molecule has 10 nitrogen and oxygen atoms in total. The predicted octanol–water partition coefficient (Wildman–Crippen LogP) is 2.26. The summed E-state index contributed by atoms with van der Waals surface area (Å²) in [5, 5.41) is 10.7. The van der Waals surface area contributed by atoms with Gasteiger partial charge in [-0.05, 0) is 24.1 Å². The SMILES string of the molecule is CN(C(N)=O)C(=O)CCSC[C@@H]1C[C@H](S)CN1C(=O)OCc1ccc([N+](=O)[O-])cc1. The maximum atomic E-state index is 12.5. The third-order valence-electron chi connectivity index (χ3n) is 4.61. The molecule has 1 aliphatic rings. The fourth-order valence-corrected chi connectivity index (χ4v) is 4.38. The van der Waals surface area contributed by atoms with Crippen molar-refractivity contribution in [2.45, 2.75) is 30.7 Å². The smallest absolute Gasteiger partial charge is 0.410 e. The lowest BCUT2D eigenvalue weighted by atomic mass is 10.2. The Bertz CT molecular complexity index is 791. The van der Waals surface area contributed by atoms with E-state index in [1.807, 2.05) is 0 Å². The van der Waals surface area contributed by atoms with E-state index < -0.39 is 17.0 Å². The van der Waals surface area contributed by atoms with Gasteiger partial charge in [-0.2, -0.15) is 24.4 Å². The Balaban J connectivity index is 1.80. The molecule has 1 aromatic carbocycles. The van der Waals surface area contributed by atoms with E-state index in [1.54, 1.807) is 17.0 Å². The van der Waals surface area contributed by atoms with Crippen LogP contribution in [-0.4, -0.2) is 69.1 Å². The summed E-state index contributed by atoms with van der Waals surface area (Å²) in [6.07, 6.45) is 0.406. The average molecular weight is 457 g/mol. The minimum atomic E-state index is -0.791. The van der Waals surface area contributed by atoms with Gasteiger partial charge in [-0.15, -0.1) is 0 Å². The summed E-state index contributed by atoms with van der Waals surface area (Å²) < 4.78 is 5.36. The number of imide groups is 1.